The molecule has 5 heteroatoms. The molecular weight excluding hydrogens is 347 g/mol. The van der Waals surface area contributed by atoms with Gasteiger partial charge in [-0.25, -0.2) is 0 Å². The molecule has 0 unspecified atom stereocenters. The van der Waals surface area contributed by atoms with Crippen LogP contribution in [0.3, 0.4) is 0 Å². The van der Waals surface area contributed by atoms with Crippen molar-refractivity contribution in [3.63, 3.8) is 0 Å². The number of hydrogen-bond donors (Lipinski definition) is 1. The second-order valence-corrected chi connectivity index (χ2v) is 6.88. The third-order valence-corrected chi connectivity index (χ3v) is 5.01. The Morgan fingerprint density at radius 2 is 2.00 bits per heavy atom. The molecule has 2 heterocycles. The number of allylic oxidation sites excluding steroid dienone is 2. The van der Waals surface area contributed by atoms with E-state index in [1.54, 1.807) is 0 Å². The van der Waals surface area contributed by atoms with Crippen molar-refractivity contribution in [2.24, 2.45) is 5.92 Å². The molecule has 0 radical (unpaired) electrons. The number of aliphatic carboxylic acids is 1. The van der Waals surface area contributed by atoms with E-state index < -0.39 is 5.97 Å². The molecule has 2 atom stereocenters. The molecule has 1 aliphatic heterocycles. The van der Waals surface area contributed by atoms with Gasteiger partial charge in [-0.2, -0.15) is 0 Å². The van der Waals surface area contributed by atoms with Gasteiger partial charge in [-0.3, -0.25) is 14.7 Å². The van der Waals surface area contributed by atoms with Gasteiger partial charge in [0.1, 0.15) is 0 Å². The van der Waals surface area contributed by atoms with Crippen molar-refractivity contribution in [3.05, 3.63) is 78.1 Å². The number of hydrogen-bond acceptors (Lipinski definition) is 3. The maximum atomic E-state index is 10.6. The van der Waals surface area contributed by atoms with Crippen LogP contribution in [0.15, 0.2) is 67.0 Å². The maximum absolute atomic E-state index is 10.6. The van der Waals surface area contributed by atoms with E-state index in [0.29, 0.717) is 18.4 Å². The fourth-order valence-corrected chi connectivity index (χ4v) is 3.81. The predicted octanol–water partition coefficient (Wildman–Crippen LogP) is 3.81. The van der Waals surface area contributed by atoms with Crippen molar-refractivity contribution in [2.45, 2.75) is 38.3 Å². The second kappa shape index (κ2) is 11.4. The van der Waals surface area contributed by atoms with Crippen LogP contribution in [0.1, 0.15) is 42.9 Å². The number of aromatic nitrogens is 1. The number of benzene rings is 1. The van der Waals surface area contributed by atoms with Crippen LogP contribution in [-0.2, 0) is 11.3 Å². The Bertz CT molecular complexity index is 722. The molecule has 2 aromatic rings. The summed E-state index contributed by atoms with van der Waals surface area (Å²) in [7, 11) is 0. The molecule has 1 fully saturated rings. The molecule has 0 amide bonds. The first-order chi connectivity index (χ1) is 12.7. The third kappa shape index (κ3) is 6.58. The standard InChI is InChI=1S/C22H26N2O2.Na.H/c25-21(26)12-6-2-5-11-20-13-15-24(17-18-8-7-14-23-16-18)22(20)19-9-3-1-4-10-19;;/h1-5,7-10,14,16,20,22H,6,11-13,15,17H2,(H,25,26);;/b5-2-;;/t20-,22-;;/m1../s1. The Morgan fingerprint density at radius 3 is 2.70 bits per heavy atom. The van der Waals surface area contributed by atoms with Gasteiger partial charge in [0, 0.05) is 31.4 Å². The van der Waals surface area contributed by atoms with E-state index in [1.807, 2.05) is 24.5 Å². The zero-order valence-corrected chi connectivity index (χ0v) is 15.0. The van der Waals surface area contributed by atoms with Crippen molar-refractivity contribution >= 4 is 35.5 Å². The number of nitrogens with zero attached hydrogens (tertiary/aromatic N) is 2. The van der Waals surface area contributed by atoms with Crippen LogP contribution < -0.4 is 0 Å². The van der Waals surface area contributed by atoms with E-state index in [1.165, 1.54) is 11.1 Å². The van der Waals surface area contributed by atoms with Gasteiger partial charge < -0.3 is 5.11 Å². The van der Waals surface area contributed by atoms with Crippen molar-refractivity contribution in [1.82, 2.24) is 9.88 Å². The molecule has 138 valence electrons. The Labute approximate surface area is 183 Å². The molecule has 0 saturated carbocycles. The summed E-state index contributed by atoms with van der Waals surface area (Å²) < 4.78 is 0. The van der Waals surface area contributed by atoms with Crippen molar-refractivity contribution in [3.8, 4) is 0 Å². The first kappa shape index (κ1) is 21.8. The Morgan fingerprint density at radius 1 is 1.19 bits per heavy atom. The SMILES string of the molecule is O=C(O)CC/C=C\C[C@@H]1CCN(Cc2cccnc2)[C@@H]1c1ccccc1.[NaH]. The van der Waals surface area contributed by atoms with Crippen molar-refractivity contribution in [2.75, 3.05) is 6.54 Å². The zero-order valence-electron chi connectivity index (χ0n) is 15.0. The van der Waals surface area contributed by atoms with Crippen molar-refractivity contribution < 1.29 is 9.90 Å². The van der Waals surface area contributed by atoms with E-state index in [2.05, 4.69) is 52.4 Å². The van der Waals surface area contributed by atoms with E-state index in [9.17, 15) is 4.79 Å². The molecule has 0 aliphatic carbocycles. The Hall–Kier alpha value is -1.46. The average molecular weight is 374 g/mol. The summed E-state index contributed by atoms with van der Waals surface area (Å²) in [6, 6.07) is 15.2. The number of likely N-dealkylation sites (tertiary alicyclic amines) is 1. The molecule has 1 aliphatic rings. The summed E-state index contributed by atoms with van der Waals surface area (Å²) in [6.45, 7) is 1.98. The van der Waals surface area contributed by atoms with Crippen LogP contribution in [-0.4, -0.2) is 57.1 Å². The van der Waals surface area contributed by atoms with Gasteiger partial charge >= 0.3 is 35.5 Å². The Balaban J connectivity index is 0.00000261. The van der Waals surface area contributed by atoms with Crippen LogP contribution in [0.25, 0.3) is 0 Å². The van der Waals surface area contributed by atoms with Gasteiger partial charge in [-0.15, -0.1) is 0 Å². The molecule has 3 rings (SSSR count). The van der Waals surface area contributed by atoms with Gasteiger partial charge in [0.15, 0.2) is 0 Å². The van der Waals surface area contributed by atoms with Gasteiger partial charge in [-0.1, -0.05) is 48.6 Å². The second-order valence-electron chi connectivity index (χ2n) is 6.88. The van der Waals surface area contributed by atoms with Crippen molar-refractivity contribution in [1.29, 1.82) is 0 Å². The van der Waals surface area contributed by atoms with Gasteiger partial charge in [0.25, 0.3) is 0 Å². The number of pyridine rings is 1. The first-order valence-electron chi connectivity index (χ1n) is 9.28. The number of carbonyl (C=O) groups is 1. The average Bonchev–Trinajstić information content (AvgIpc) is 3.05. The predicted molar refractivity (Wildman–Crippen MR) is 110 cm³/mol. The van der Waals surface area contributed by atoms with Crippen LogP contribution in [0.4, 0.5) is 0 Å². The first-order valence-corrected chi connectivity index (χ1v) is 9.28. The number of rotatable bonds is 8. The summed E-state index contributed by atoms with van der Waals surface area (Å²) in [5.74, 6) is -0.185. The molecule has 1 aromatic carbocycles. The van der Waals surface area contributed by atoms with Gasteiger partial charge in [0.2, 0.25) is 0 Å². The minimum absolute atomic E-state index is 0. The van der Waals surface area contributed by atoms with Crippen LogP contribution in [0, 0.1) is 5.92 Å². The minimum atomic E-state index is -0.736. The summed E-state index contributed by atoms with van der Waals surface area (Å²) in [5, 5.41) is 8.74. The zero-order chi connectivity index (χ0) is 18.2. The molecule has 4 nitrogen and oxygen atoms in total. The van der Waals surface area contributed by atoms with Gasteiger partial charge in [-0.05, 0) is 48.9 Å². The third-order valence-electron chi connectivity index (χ3n) is 5.01. The Kier molecular flexibility index (Phi) is 9.22. The molecular formula is C22H27N2NaO2. The van der Waals surface area contributed by atoms with Crippen LogP contribution >= 0.6 is 0 Å². The summed E-state index contributed by atoms with van der Waals surface area (Å²) in [4.78, 5) is 17.4. The number of carboxylic acid groups (broad SMARTS) is 1. The fourth-order valence-electron chi connectivity index (χ4n) is 3.81. The summed E-state index contributed by atoms with van der Waals surface area (Å²) >= 11 is 0. The topological polar surface area (TPSA) is 53.4 Å². The molecule has 1 saturated heterocycles. The summed E-state index contributed by atoms with van der Waals surface area (Å²) in [5.41, 5.74) is 2.60. The van der Waals surface area contributed by atoms with Crippen LogP contribution in [0.2, 0.25) is 0 Å². The molecule has 27 heavy (non-hydrogen) atoms. The molecule has 0 spiro atoms. The molecule has 0 bridgehead atoms. The summed E-state index contributed by atoms with van der Waals surface area (Å²) in [6.07, 6.45) is 10.9. The number of carboxylic acids is 1. The van der Waals surface area contributed by atoms with E-state index in [4.69, 9.17) is 5.11 Å². The fraction of sp³-hybridized carbons (Fsp3) is 0.364. The van der Waals surface area contributed by atoms with E-state index in [0.717, 1.165) is 25.9 Å². The van der Waals surface area contributed by atoms with E-state index >= 15 is 0 Å². The monoisotopic (exact) mass is 374 g/mol. The molecule has 1 aromatic heterocycles. The van der Waals surface area contributed by atoms with Gasteiger partial charge in [0.05, 0.1) is 0 Å². The normalized spacial score (nSPS) is 19.9. The van der Waals surface area contributed by atoms with Crippen LogP contribution in [0.5, 0.6) is 0 Å². The molecule has 1 N–H and O–H groups in total. The van der Waals surface area contributed by atoms with E-state index in [-0.39, 0.29) is 36.0 Å². The quantitative estimate of drug-likeness (QED) is 0.564.